The Bertz CT molecular complexity index is 823. The van der Waals surface area contributed by atoms with Gasteiger partial charge in [0.25, 0.3) is 5.69 Å². The quantitative estimate of drug-likeness (QED) is 0.605. The lowest BCUT2D eigenvalue weighted by Gasteiger charge is -2.24. The van der Waals surface area contributed by atoms with E-state index in [9.17, 15) is 28.1 Å². The number of nitrogens with zero attached hydrogens (tertiary/aromatic N) is 2. The molecule has 27 heavy (non-hydrogen) atoms. The summed E-state index contributed by atoms with van der Waals surface area (Å²) < 4.78 is 37.7. The molecule has 0 aromatic heterocycles. The second-order valence-electron chi connectivity index (χ2n) is 6.04. The van der Waals surface area contributed by atoms with Crippen molar-refractivity contribution in [1.29, 1.82) is 0 Å². The van der Waals surface area contributed by atoms with E-state index in [4.69, 9.17) is 0 Å². The third-order valence-electron chi connectivity index (χ3n) is 4.13. The summed E-state index contributed by atoms with van der Waals surface area (Å²) in [6, 6.07) is 9.68. The first-order valence-electron chi connectivity index (χ1n) is 8.00. The highest BCUT2D eigenvalue weighted by Crippen LogP contribution is 2.29. The summed E-state index contributed by atoms with van der Waals surface area (Å²) in [6.45, 7) is 1.77. The molecule has 0 saturated heterocycles. The van der Waals surface area contributed by atoms with Crippen LogP contribution in [0.1, 0.15) is 18.1 Å². The zero-order valence-electron chi connectivity index (χ0n) is 14.7. The molecule has 0 fully saturated rings. The average molecular weight is 381 g/mol. The second kappa shape index (κ2) is 8.17. The molecule has 0 bridgehead atoms. The van der Waals surface area contributed by atoms with Gasteiger partial charge in [0.1, 0.15) is 0 Å². The fourth-order valence-corrected chi connectivity index (χ4v) is 2.42. The molecule has 0 saturated carbocycles. The molecule has 0 radical (unpaired) electrons. The zero-order valence-corrected chi connectivity index (χ0v) is 14.7. The van der Waals surface area contributed by atoms with Crippen LogP contribution < -0.4 is 5.32 Å². The molecule has 2 aromatic carbocycles. The van der Waals surface area contributed by atoms with E-state index in [2.05, 4.69) is 5.32 Å². The highest BCUT2D eigenvalue weighted by molar-refractivity contribution is 5.94. The summed E-state index contributed by atoms with van der Waals surface area (Å²) in [4.78, 5) is 24.5. The Morgan fingerprint density at radius 2 is 1.78 bits per heavy atom. The number of carbonyl (C=O) groups is 1. The summed E-state index contributed by atoms with van der Waals surface area (Å²) in [6.07, 6.45) is -4.44. The highest BCUT2D eigenvalue weighted by Gasteiger charge is 2.30. The number of para-hydroxylation sites is 1. The lowest BCUT2D eigenvalue weighted by Crippen LogP contribution is -2.39. The molecule has 6 nitrogen and oxygen atoms in total. The molecule has 9 heteroatoms. The number of anilines is 1. The van der Waals surface area contributed by atoms with Gasteiger partial charge in [-0.3, -0.25) is 19.8 Å². The molecule has 1 N–H and O–H groups in total. The van der Waals surface area contributed by atoms with Crippen molar-refractivity contribution in [2.45, 2.75) is 25.7 Å². The van der Waals surface area contributed by atoms with Gasteiger partial charge in [0.15, 0.2) is 0 Å². The Kier molecular flexibility index (Phi) is 6.17. The number of nitrogens with one attached hydrogen (secondary N) is 1. The lowest BCUT2D eigenvalue weighted by atomic mass is 10.1. The molecule has 2 rings (SSSR count). The Morgan fingerprint density at radius 3 is 2.33 bits per heavy atom. The lowest BCUT2D eigenvalue weighted by molar-refractivity contribution is -0.385. The number of carbonyl (C=O) groups excluding carboxylic acids is 1. The van der Waals surface area contributed by atoms with Gasteiger partial charge in [0.05, 0.1) is 16.5 Å². The predicted octanol–water partition coefficient (Wildman–Crippen LogP) is 4.07. The number of hydrogen-bond donors (Lipinski definition) is 1. The molecule has 1 atom stereocenters. The van der Waals surface area contributed by atoms with Crippen molar-refractivity contribution in [1.82, 2.24) is 4.90 Å². The van der Waals surface area contributed by atoms with Crippen molar-refractivity contribution in [3.63, 3.8) is 0 Å². The maximum absolute atomic E-state index is 12.6. The van der Waals surface area contributed by atoms with Crippen LogP contribution in [-0.2, 0) is 17.5 Å². The number of alkyl halides is 3. The SMILES string of the molecule is CC(C(=O)Nc1ccc(C(F)(F)F)cc1)N(C)Cc1ccccc1[N+](=O)[O-]. The molecule has 0 aliphatic carbocycles. The van der Waals surface area contributed by atoms with E-state index < -0.39 is 28.6 Å². The smallest absolute Gasteiger partial charge is 0.325 e. The number of amides is 1. The zero-order chi connectivity index (χ0) is 20.2. The van der Waals surface area contributed by atoms with Crippen molar-refractivity contribution >= 4 is 17.3 Å². The number of halogens is 3. The summed E-state index contributed by atoms with van der Waals surface area (Å²) in [7, 11) is 1.63. The van der Waals surface area contributed by atoms with E-state index >= 15 is 0 Å². The van der Waals surface area contributed by atoms with Crippen LogP contribution >= 0.6 is 0 Å². The molecule has 144 valence electrons. The van der Waals surface area contributed by atoms with Crippen LogP contribution in [0.25, 0.3) is 0 Å². The van der Waals surface area contributed by atoms with Crippen LogP contribution in [0.3, 0.4) is 0 Å². The molecule has 0 aliphatic rings. The van der Waals surface area contributed by atoms with Crippen LogP contribution in [0.15, 0.2) is 48.5 Å². The number of benzene rings is 2. The number of nitro benzene ring substituents is 1. The van der Waals surface area contributed by atoms with Gasteiger partial charge in [-0.05, 0) is 38.2 Å². The topological polar surface area (TPSA) is 75.5 Å². The van der Waals surface area contributed by atoms with E-state index in [0.717, 1.165) is 12.1 Å². The van der Waals surface area contributed by atoms with Crippen molar-refractivity contribution in [3.8, 4) is 0 Å². The molecule has 0 aliphatic heterocycles. The average Bonchev–Trinajstić information content (AvgIpc) is 2.61. The maximum Gasteiger partial charge on any atom is 0.416 e. The predicted molar refractivity (Wildman–Crippen MR) is 94.1 cm³/mol. The molecule has 1 unspecified atom stereocenters. The molecular formula is C18H18F3N3O3. The first kappa shape index (κ1) is 20.4. The minimum absolute atomic E-state index is 0.0419. The standard InChI is InChI=1S/C18H18F3N3O3/c1-12(23(2)11-13-5-3-4-6-16(13)24(26)27)17(25)22-15-9-7-14(8-10-15)18(19,20)21/h3-10,12H,11H2,1-2H3,(H,22,25). The fraction of sp³-hybridized carbons (Fsp3) is 0.278. The normalized spacial score (nSPS) is 12.7. The Balaban J connectivity index is 2.03. The summed E-state index contributed by atoms with van der Waals surface area (Å²) in [5, 5.41) is 13.6. The second-order valence-corrected chi connectivity index (χ2v) is 6.04. The van der Waals surface area contributed by atoms with E-state index in [1.165, 1.54) is 18.2 Å². The fourth-order valence-electron chi connectivity index (χ4n) is 2.42. The van der Waals surface area contributed by atoms with Crippen LogP contribution in [0.5, 0.6) is 0 Å². The van der Waals surface area contributed by atoms with Crippen molar-refractivity contribution < 1.29 is 22.9 Å². The maximum atomic E-state index is 12.6. The van der Waals surface area contributed by atoms with E-state index in [1.807, 2.05) is 0 Å². The Labute approximate surface area is 153 Å². The Hall–Kier alpha value is -2.94. The van der Waals surface area contributed by atoms with Gasteiger partial charge in [-0.15, -0.1) is 0 Å². The van der Waals surface area contributed by atoms with Gasteiger partial charge in [0, 0.05) is 23.9 Å². The van der Waals surface area contributed by atoms with Crippen molar-refractivity contribution in [2.75, 3.05) is 12.4 Å². The third-order valence-corrected chi connectivity index (χ3v) is 4.13. The van der Waals surface area contributed by atoms with E-state index in [0.29, 0.717) is 5.56 Å². The minimum Gasteiger partial charge on any atom is -0.325 e. The number of rotatable bonds is 6. The van der Waals surface area contributed by atoms with Gasteiger partial charge in [0.2, 0.25) is 5.91 Å². The molecular weight excluding hydrogens is 363 g/mol. The first-order chi connectivity index (χ1) is 12.6. The van der Waals surface area contributed by atoms with E-state index in [1.54, 1.807) is 37.1 Å². The van der Waals surface area contributed by atoms with Crippen LogP contribution in [-0.4, -0.2) is 28.8 Å². The van der Waals surface area contributed by atoms with Crippen LogP contribution in [0.2, 0.25) is 0 Å². The summed E-state index contributed by atoms with van der Waals surface area (Å²) in [5.74, 6) is -0.434. The van der Waals surface area contributed by atoms with Gasteiger partial charge < -0.3 is 5.32 Å². The third kappa shape index (κ3) is 5.27. The number of likely N-dealkylation sites (N-methyl/N-ethyl adjacent to an activating group) is 1. The van der Waals surface area contributed by atoms with Gasteiger partial charge in [-0.2, -0.15) is 13.2 Å². The van der Waals surface area contributed by atoms with Gasteiger partial charge >= 0.3 is 6.18 Å². The molecule has 0 spiro atoms. The number of hydrogen-bond acceptors (Lipinski definition) is 4. The largest absolute Gasteiger partial charge is 0.416 e. The highest BCUT2D eigenvalue weighted by atomic mass is 19.4. The molecule has 2 aromatic rings. The van der Waals surface area contributed by atoms with Crippen molar-refractivity contribution in [2.24, 2.45) is 0 Å². The van der Waals surface area contributed by atoms with Gasteiger partial charge in [-0.1, -0.05) is 18.2 Å². The minimum atomic E-state index is -4.44. The van der Waals surface area contributed by atoms with Crippen molar-refractivity contribution in [3.05, 3.63) is 69.8 Å². The van der Waals surface area contributed by atoms with E-state index in [-0.39, 0.29) is 17.9 Å². The molecule has 1 amide bonds. The van der Waals surface area contributed by atoms with Crippen LogP contribution in [0, 0.1) is 10.1 Å². The van der Waals surface area contributed by atoms with Gasteiger partial charge in [-0.25, -0.2) is 0 Å². The summed E-state index contributed by atoms with van der Waals surface area (Å²) >= 11 is 0. The number of nitro groups is 1. The monoisotopic (exact) mass is 381 g/mol. The first-order valence-corrected chi connectivity index (χ1v) is 8.00. The molecule has 0 heterocycles. The summed E-state index contributed by atoms with van der Waals surface area (Å²) in [5.41, 5.74) is -0.153. The Morgan fingerprint density at radius 1 is 1.19 bits per heavy atom. The van der Waals surface area contributed by atoms with Crippen LogP contribution in [0.4, 0.5) is 24.5 Å².